The second-order valence-electron chi connectivity index (χ2n) is 6.12. The Bertz CT molecular complexity index is 732. The van der Waals surface area contributed by atoms with Gasteiger partial charge >= 0.3 is 5.97 Å². The maximum atomic E-state index is 11.9. The molecule has 0 amide bonds. The molecule has 0 aromatic heterocycles. The summed E-state index contributed by atoms with van der Waals surface area (Å²) in [5, 5.41) is 0. The van der Waals surface area contributed by atoms with Crippen molar-refractivity contribution in [2.75, 3.05) is 7.11 Å². The molecule has 0 atom stereocenters. The number of hydrogen-bond donors (Lipinski definition) is 0. The number of carbonyl (C=O) groups excluding carboxylic acids is 1. The fourth-order valence-corrected chi connectivity index (χ4v) is 2.51. The van der Waals surface area contributed by atoms with E-state index in [-0.39, 0.29) is 5.97 Å². The van der Waals surface area contributed by atoms with Crippen LogP contribution in [0.2, 0.25) is 19.6 Å². The molecular formula is C19H20O2Si. The van der Waals surface area contributed by atoms with Gasteiger partial charge in [0.2, 0.25) is 0 Å². The Hall–Kier alpha value is -2.31. The van der Waals surface area contributed by atoms with Gasteiger partial charge in [-0.05, 0) is 23.3 Å². The molecule has 0 N–H and O–H groups in total. The Labute approximate surface area is 133 Å². The molecule has 0 aliphatic heterocycles. The third-order valence-electron chi connectivity index (χ3n) is 3.10. The minimum absolute atomic E-state index is 0.348. The largest absolute Gasteiger partial charge is 0.465 e. The summed E-state index contributed by atoms with van der Waals surface area (Å²) >= 11 is 0. The number of esters is 1. The van der Waals surface area contributed by atoms with Gasteiger partial charge in [-0.1, -0.05) is 62.0 Å². The Morgan fingerprint density at radius 1 is 1.00 bits per heavy atom. The van der Waals surface area contributed by atoms with Gasteiger partial charge in [-0.3, -0.25) is 0 Å². The Balaban J connectivity index is 2.54. The first-order chi connectivity index (χ1) is 10.4. The fraction of sp³-hybridized carbons (Fsp3) is 0.211. The lowest BCUT2D eigenvalue weighted by molar-refractivity contribution is 0.0600. The van der Waals surface area contributed by atoms with E-state index in [1.807, 2.05) is 42.5 Å². The summed E-state index contributed by atoms with van der Waals surface area (Å²) in [6, 6.07) is 15.8. The highest BCUT2D eigenvalue weighted by Gasteiger charge is 2.13. The predicted molar refractivity (Wildman–Crippen MR) is 93.4 cm³/mol. The van der Waals surface area contributed by atoms with E-state index in [0.29, 0.717) is 5.56 Å². The van der Waals surface area contributed by atoms with Crippen molar-refractivity contribution in [2.45, 2.75) is 19.6 Å². The second kappa shape index (κ2) is 6.63. The van der Waals surface area contributed by atoms with Crippen molar-refractivity contribution in [2.24, 2.45) is 0 Å². The smallest absolute Gasteiger partial charge is 0.339 e. The number of hydrogen-bond acceptors (Lipinski definition) is 2. The molecule has 0 unspecified atom stereocenters. The van der Waals surface area contributed by atoms with Gasteiger partial charge < -0.3 is 4.74 Å². The Kier molecular flexibility index (Phi) is 4.84. The third kappa shape index (κ3) is 4.09. The van der Waals surface area contributed by atoms with Crippen molar-refractivity contribution >= 4 is 14.0 Å². The number of benzene rings is 2. The SMILES string of the molecule is COC(=O)c1ccc(-c2ccccc2)cc1C#C[Si](C)(C)C. The van der Waals surface area contributed by atoms with Crippen LogP contribution < -0.4 is 0 Å². The van der Waals surface area contributed by atoms with Crippen LogP contribution in [0.15, 0.2) is 48.5 Å². The topological polar surface area (TPSA) is 26.3 Å². The van der Waals surface area contributed by atoms with Crippen LogP contribution in [0.1, 0.15) is 15.9 Å². The predicted octanol–water partition coefficient (Wildman–Crippen LogP) is 4.37. The molecular weight excluding hydrogens is 288 g/mol. The first kappa shape index (κ1) is 16.1. The van der Waals surface area contributed by atoms with E-state index in [1.54, 1.807) is 6.07 Å². The van der Waals surface area contributed by atoms with E-state index in [0.717, 1.165) is 16.7 Å². The molecule has 2 nitrogen and oxygen atoms in total. The van der Waals surface area contributed by atoms with Crippen molar-refractivity contribution in [3.05, 3.63) is 59.7 Å². The van der Waals surface area contributed by atoms with Crippen LogP contribution in [0.25, 0.3) is 11.1 Å². The minimum atomic E-state index is -1.52. The van der Waals surface area contributed by atoms with E-state index < -0.39 is 8.07 Å². The zero-order valence-corrected chi connectivity index (χ0v) is 14.4. The minimum Gasteiger partial charge on any atom is -0.465 e. The van der Waals surface area contributed by atoms with E-state index >= 15 is 0 Å². The molecule has 0 spiro atoms. The summed E-state index contributed by atoms with van der Waals surface area (Å²) in [7, 11) is -0.126. The van der Waals surface area contributed by atoms with E-state index in [1.165, 1.54) is 7.11 Å². The fourth-order valence-electron chi connectivity index (χ4n) is 2.00. The summed E-state index contributed by atoms with van der Waals surface area (Å²) < 4.78 is 4.86. The van der Waals surface area contributed by atoms with E-state index in [2.05, 4.69) is 31.1 Å². The van der Waals surface area contributed by atoms with Crippen molar-refractivity contribution in [3.63, 3.8) is 0 Å². The highest BCUT2D eigenvalue weighted by molar-refractivity contribution is 6.83. The normalized spacial score (nSPS) is 10.5. The summed E-state index contributed by atoms with van der Waals surface area (Å²) in [6.45, 7) is 6.54. The average Bonchev–Trinajstić information content (AvgIpc) is 2.52. The van der Waals surface area contributed by atoms with Gasteiger partial charge in [-0.25, -0.2) is 4.79 Å². The van der Waals surface area contributed by atoms with Crippen LogP contribution in [0.3, 0.4) is 0 Å². The number of methoxy groups -OCH3 is 1. The Morgan fingerprint density at radius 2 is 1.68 bits per heavy atom. The van der Waals surface area contributed by atoms with Gasteiger partial charge in [0.25, 0.3) is 0 Å². The van der Waals surface area contributed by atoms with Crippen LogP contribution >= 0.6 is 0 Å². The highest BCUT2D eigenvalue weighted by Crippen LogP contribution is 2.22. The molecule has 0 radical (unpaired) electrons. The zero-order valence-electron chi connectivity index (χ0n) is 13.4. The molecule has 2 aromatic rings. The van der Waals surface area contributed by atoms with Crippen molar-refractivity contribution in [3.8, 4) is 22.6 Å². The third-order valence-corrected chi connectivity index (χ3v) is 3.98. The molecule has 3 heteroatoms. The first-order valence-corrected chi connectivity index (χ1v) is 10.7. The van der Waals surface area contributed by atoms with E-state index in [9.17, 15) is 4.79 Å². The number of ether oxygens (including phenoxy) is 1. The van der Waals surface area contributed by atoms with Crippen LogP contribution in [0, 0.1) is 11.5 Å². The molecule has 0 fully saturated rings. The second-order valence-corrected chi connectivity index (χ2v) is 10.9. The van der Waals surface area contributed by atoms with Crippen molar-refractivity contribution in [1.82, 2.24) is 0 Å². The molecule has 0 bridgehead atoms. The van der Waals surface area contributed by atoms with Crippen LogP contribution in [0.5, 0.6) is 0 Å². The van der Waals surface area contributed by atoms with E-state index in [4.69, 9.17) is 4.74 Å². The van der Waals surface area contributed by atoms with Gasteiger partial charge in [0.05, 0.1) is 12.7 Å². The maximum absolute atomic E-state index is 11.9. The molecule has 0 saturated heterocycles. The van der Waals surface area contributed by atoms with Gasteiger partial charge in [0, 0.05) is 5.56 Å². The van der Waals surface area contributed by atoms with Gasteiger partial charge in [-0.2, -0.15) is 0 Å². The summed E-state index contributed by atoms with van der Waals surface area (Å²) in [5.74, 6) is 2.84. The van der Waals surface area contributed by atoms with Crippen LogP contribution in [-0.2, 0) is 4.74 Å². The lowest BCUT2D eigenvalue weighted by Gasteiger charge is -2.08. The van der Waals surface area contributed by atoms with Crippen LogP contribution in [0.4, 0.5) is 0 Å². The molecule has 2 aromatic carbocycles. The first-order valence-electron chi connectivity index (χ1n) is 7.22. The summed E-state index contributed by atoms with van der Waals surface area (Å²) in [6.07, 6.45) is 0. The highest BCUT2D eigenvalue weighted by atomic mass is 28.3. The molecule has 0 aliphatic rings. The maximum Gasteiger partial charge on any atom is 0.339 e. The van der Waals surface area contributed by atoms with Crippen LogP contribution in [-0.4, -0.2) is 21.2 Å². The van der Waals surface area contributed by atoms with Crippen molar-refractivity contribution < 1.29 is 9.53 Å². The summed E-state index contributed by atoms with van der Waals surface area (Å²) in [5.41, 5.74) is 6.73. The molecule has 0 saturated carbocycles. The lowest BCUT2D eigenvalue weighted by atomic mass is 9.99. The zero-order chi connectivity index (χ0) is 16.2. The average molecular weight is 308 g/mol. The standard InChI is InChI=1S/C19H20O2Si/c1-21-19(20)18-11-10-16(15-8-6-5-7-9-15)14-17(18)12-13-22(2,3)4/h5-11,14H,1-4H3. The summed E-state index contributed by atoms with van der Waals surface area (Å²) in [4.78, 5) is 11.9. The quantitative estimate of drug-likeness (QED) is 0.468. The number of rotatable bonds is 2. The van der Waals surface area contributed by atoms with Gasteiger partial charge in [-0.15, -0.1) is 5.54 Å². The monoisotopic (exact) mass is 308 g/mol. The van der Waals surface area contributed by atoms with Crippen molar-refractivity contribution in [1.29, 1.82) is 0 Å². The molecule has 112 valence electrons. The molecule has 0 heterocycles. The lowest BCUT2D eigenvalue weighted by Crippen LogP contribution is -2.16. The number of carbonyl (C=O) groups is 1. The molecule has 22 heavy (non-hydrogen) atoms. The molecule has 2 rings (SSSR count). The Morgan fingerprint density at radius 3 is 2.27 bits per heavy atom. The van der Waals surface area contributed by atoms with Gasteiger partial charge in [0.15, 0.2) is 0 Å². The molecule has 0 aliphatic carbocycles. The van der Waals surface area contributed by atoms with Gasteiger partial charge in [0.1, 0.15) is 8.07 Å².